The molecule has 1 aromatic rings. The third kappa shape index (κ3) is 5.35. The Morgan fingerprint density at radius 1 is 1.29 bits per heavy atom. The van der Waals surface area contributed by atoms with Crippen LogP contribution in [-0.2, 0) is 14.8 Å². The summed E-state index contributed by atoms with van der Waals surface area (Å²) >= 11 is 0. The Kier molecular flexibility index (Phi) is 6.64. The molecule has 0 bridgehead atoms. The van der Waals surface area contributed by atoms with Crippen LogP contribution in [0.25, 0.3) is 0 Å². The van der Waals surface area contributed by atoms with Crippen molar-refractivity contribution in [3.05, 3.63) is 24.3 Å². The van der Waals surface area contributed by atoms with Crippen LogP contribution in [0.3, 0.4) is 0 Å². The molecule has 1 rings (SSSR count). The van der Waals surface area contributed by atoms with Gasteiger partial charge in [-0.05, 0) is 37.6 Å². The number of rotatable bonds is 9. The zero-order valence-corrected chi connectivity index (χ0v) is 13.0. The lowest BCUT2D eigenvalue weighted by atomic mass is 10.1. The quantitative estimate of drug-likeness (QED) is 0.725. The largest absolute Gasteiger partial charge is 0.494 e. The number of nitrogens with one attached hydrogen (secondary N) is 1. The maximum absolute atomic E-state index is 12.1. The van der Waals surface area contributed by atoms with E-state index in [0.717, 1.165) is 0 Å². The highest BCUT2D eigenvalue weighted by atomic mass is 32.2. The summed E-state index contributed by atoms with van der Waals surface area (Å²) in [6, 6.07) is 6.00. The number of ether oxygens (including phenoxy) is 1. The molecule has 2 N–H and O–H groups in total. The topological polar surface area (TPSA) is 92.7 Å². The van der Waals surface area contributed by atoms with Crippen LogP contribution < -0.4 is 9.46 Å². The molecule has 1 atom stereocenters. The maximum Gasteiger partial charge on any atom is 0.307 e. The van der Waals surface area contributed by atoms with E-state index < -0.39 is 21.9 Å². The maximum atomic E-state index is 12.1. The molecule has 7 heteroatoms. The van der Waals surface area contributed by atoms with Crippen LogP contribution in [0.1, 0.15) is 26.7 Å². The molecule has 0 saturated heterocycles. The molecular formula is C14H21NO5S. The first kappa shape index (κ1) is 17.5. The van der Waals surface area contributed by atoms with E-state index in [1.165, 1.54) is 12.1 Å². The van der Waals surface area contributed by atoms with Gasteiger partial charge >= 0.3 is 5.97 Å². The average molecular weight is 315 g/mol. The number of carbonyl (C=O) groups is 1. The fourth-order valence-electron chi connectivity index (χ4n) is 1.84. The van der Waals surface area contributed by atoms with Crippen LogP contribution >= 0.6 is 0 Å². The van der Waals surface area contributed by atoms with Gasteiger partial charge in [0, 0.05) is 6.54 Å². The van der Waals surface area contributed by atoms with Crippen LogP contribution in [-0.4, -0.2) is 32.6 Å². The molecule has 0 aliphatic heterocycles. The van der Waals surface area contributed by atoms with Gasteiger partial charge in [-0.1, -0.05) is 13.3 Å². The zero-order chi connectivity index (χ0) is 15.9. The van der Waals surface area contributed by atoms with E-state index in [1.807, 2.05) is 13.8 Å². The molecule has 0 aliphatic carbocycles. The Balaban J connectivity index is 2.74. The monoisotopic (exact) mass is 315 g/mol. The number of hydrogen-bond donors (Lipinski definition) is 2. The van der Waals surface area contributed by atoms with Crippen LogP contribution in [0.5, 0.6) is 5.75 Å². The molecule has 0 aromatic heterocycles. The van der Waals surface area contributed by atoms with Crippen molar-refractivity contribution < 1.29 is 23.1 Å². The van der Waals surface area contributed by atoms with Gasteiger partial charge in [-0.25, -0.2) is 13.1 Å². The molecular weight excluding hydrogens is 294 g/mol. The highest BCUT2D eigenvalue weighted by Crippen LogP contribution is 2.16. The first-order valence-electron chi connectivity index (χ1n) is 6.86. The van der Waals surface area contributed by atoms with E-state index in [0.29, 0.717) is 25.2 Å². The number of carboxylic acids is 1. The van der Waals surface area contributed by atoms with Crippen molar-refractivity contribution in [3.63, 3.8) is 0 Å². The van der Waals surface area contributed by atoms with Gasteiger partial charge in [-0.2, -0.15) is 0 Å². The molecule has 21 heavy (non-hydrogen) atoms. The van der Waals surface area contributed by atoms with Crippen LogP contribution in [0, 0.1) is 5.92 Å². The van der Waals surface area contributed by atoms with Crippen molar-refractivity contribution >= 4 is 16.0 Å². The summed E-state index contributed by atoms with van der Waals surface area (Å²) in [5, 5.41) is 9.02. The second-order valence-electron chi connectivity index (χ2n) is 4.58. The van der Waals surface area contributed by atoms with Crippen LogP contribution in [0.4, 0.5) is 0 Å². The van der Waals surface area contributed by atoms with Gasteiger partial charge < -0.3 is 9.84 Å². The Hall–Kier alpha value is -1.60. The van der Waals surface area contributed by atoms with E-state index >= 15 is 0 Å². The van der Waals surface area contributed by atoms with Crippen molar-refractivity contribution in [1.82, 2.24) is 4.72 Å². The number of benzene rings is 1. The Morgan fingerprint density at radius 2 is 1.90 bits per heavy atom. The molecule has 0 spiro atoms. The number of aliphatic carboxylic acids is 1. The van der Waals surface area contributed by atoms with E-state index in [4.69, 9.17) is 9.84 Å². The molecule has 0 fully saturated rings. The van der Waals surface area contributed by atoms with Gasteiger partial charge in [-0.3, -0.25) is 4.79 Å². The summed E-state index contributed by atoms with van der Waals surface area (Å²) in [4.78, 5) is 11.1. The minimum atomic E-state index is -3.71. The van der Waals surface area contributed by atoms with Crippen molar-refractivity contribution in [3.8, 4) is 5.75 Å². The number of hydrogen-bond acceptors (Lipinski definition) is 4. The average Bonchev–Trinajstić information content (AvgIpc) is 2.44. The van der Waals surface area contributed by atoms with E-state index in [2.05, 4.69) is 4.72 Å². The zero-order valence-electron chi connectivity index (χ0n) is 12.2. The Morgan fingerprint density at radius 3 is 2.38 bits per heavy atom. The summed E-state index contributed by atoms with van der Waals surface area (Å²) in [5.41, 5.74) is 0. The molecule has 1 unspecified atom stereocenters. The predicted octanol–water partition coefficient (Wildman–Crippen LogP) is 1.86. The van der Waals surface area contributed by atoms with Crippen molar-refractivity contribution in [1.29, 1.82) is 0 Å². The lowest BCUT2D eigenvalue weighted by Gasteiger charge is -2.13. The van der Waals surface area contributed by atoms with Crippen molar-refractivity contribution in [2.24, 2.45) is 5.92 Å². The number of carboxylic acid groups (broad SMARTS) is 1. The normalized spacial score (nSPS) is 12.9. The Bertz CT molecular complexity index is 553. The minimum Gasteiger partial charge on any atom is -0.494 e. The van der Waals surface area contributed by atoms with E-state index in [1.54, 1.807) is 12.1 Å². The molecule has 1 aromatic carbocycles. The summed E-state index contributed by atoms with van der Waals surface area (Å²) in [6.07, 6.45) is 1.11. The summed E-state index contributed by atoms with van der Waals surface area (Å²) in [6.45, 7) is 4.09. The molecule has 0 heterocycles. The summed E-state index contributed by atoms with van der Waals surface area (Å²) < 4.78 is 31.8. The first-order chi connectivity index (χ1) is 9.90. The highest BCUT2D eigenvalue weighted by molar-refractivity contribution is 7.89. The summed E-state index contributed by atoms with van der Waals surface area (Å²) in [5.74, 6) is -1.12. The molecule has 0 amide bonds. The van der Waals surface area contributed by atoms with E-state index in [-0.39, 0.29) is 11.4 Å². The third-order valence-electron chi connectivity index (χ3n) is 2.95. The molecule has 0 radical (unpaired) electrons. The predicted molar refractivity (Wildman–Crippen MR) is 78.8 cm³/mol. The fourth-order valence-corrected chi connectivity index (χ4v) is 2.92. The lowest BCUT2D eigenvalue weighted by molar-refractivity contribution is -0.141. The van der Waals surface area contributed by atoms with E-state index in [9.17, 15) is 13.2 Å². The molecule has 0 aliphatic rings. The van der Waals surface area contributed by atoms with Gasteiger partial charge in [0.2, 0.25) is 10.0 Å². The standard InChI is InChI=1S/C14H21NO5S/c1-3-5-11(14(16)17)10-15-21(18,19)13-8-6-12(7-9-13)20-4-2/h6-9,11,15H,3-5,10H2,1-2H3,(H,16,17). The SMILES string of the molecule is CCCC(CNS(=O)(=O)c1ccc(OCC)cc1)C(=O)O. The second kappa shape index (κ2) is 7.99. The Labute approximate surface area is 125 Å². The van der Waals surface area contributed by atoms with Gasteiger partial charge in [0.15, 0.2) is 0 Å². The fraction of sp³-hybridized carbons (Fsp3) is 0.500. The van der Waals surface area contributed by atoms with Crippen LogP contribution in [0.2, 0.25) is 0 Å². The molecule has 6 nitrogen and oxygen atoms in total. The lowest BCUT2D eigenvalue weighted by Crippen LogP contribution is -2.32. The van der Waals surface area contributed by atoms with Gasteiger partial charge in [0.1, 0.15) is 5.75 Å². The van der Waals surface area contributed by atoms with Crippen molar-refractivity contribution in [2.45, 2.75) is 31.6 Å². The molecule has 118 valence electrons. The third-order valence-corrected chi connectivity index (χ3v) is 4.39. The highest BCUT2D eigenvalue weighted by Gasteiger charge is 2.21. The van der Waals surface area contributed by atoms with Crippen molar-refractivity contribution in [2.75, 3.05) is 13.2 Å². The first-order valence-corrected chi connectivity index (χ1v) is 8.34. The second-order valence-corrected chi connectivity index (χ2v) is 6.35. The van der Waals surface area contributed by atoms with Gasteiger partial charge in [0.05, 0.1) is 17.4 Å². The van der Waals surface area contributed by atoms with Crippen LogP contribution in [0.15, 0.2) is 29.2 Å². The van der Waals surface area contributed by atoms with Gasteiger partial charge in [0.25, 0.3) is 0 Å². The minimum absolute atomic E-state index is 0.0894. The molecule has 0 saturated carbocycles. The number of sulfonamides is 1. The smallest absolute Gasteiger partial charge is 0.307 e. The summed E-state index contributed by atoms with van der Waals surface area (Å²) in [7, 11) is -3.71. The van der Waals surface area contributed by atoms with Gasteiger partial charge in [-0.15, -0.1) is 0 Å².